The second-order valence-corrected chi connectivity index (χ2v) is 5.34. The quantitative estimate of drug-likeness (QED) is 0.929. The lowest BCUT2D eigenvalue weighted by Crippen LogP contribution is -2.19. The number of rotatable bonds is 3. The molecule has 0 fully saturated rings. The van der Waals surface area contributed by atoms with Crippen molar-refractivity contribution in [1.82, 2.24) is 10.3 Å². The van der Waals surface area contributed by atoms with Crippen molar-refractivity contribution in [2.45, 2.75) is 26.3 Å². The number of hydrogen-bond donors (Lipinski definition) is 1. The van der Waals surface area contributed by atoms with Crippen LogP contribution in [0.3, 0.4) is 0 Å². The fourth-order valence-electron chi connectivity index (χ4n) is 3.00. The summed E-state index contributed by atoms with van der Waals surface area (Å²) < 4.78 is 5.84. The summed E-state index contributed by atoms with van der Waals surface area (Å²) in [6, 6.07) is 10.8. The predicted molar refractivity (Wildman–Crippen MR) is 80.3 cm³/mol. The van der Waals surface area contributed by atoms with E-state index in [0.29, 0.717) is 0 Å². The molecule has 2 aromatic rings. The Bertz CT molecular complexity index is 617. The molecule has 0 bridgehead atoms. The molecule has 0 saturated heterocycles. The van der Waals surface area contributed by atoms with Crippen molar-refractivity contribution >= 4 is 0 Å². The Morgan fingerprint density at radius 1 is 1.20 bits per heavy atom. The number of nitrogens with one attached hydrogen (secondary N) is 1. The van der Waals surface area contributed by atoms with Crippen LogP contribution in [0.1, 0.15) is 34.1 Å². The van der Waals surface area contributed by atoms with Crippen LogP contribution >= 0.6 is 0 Å². The third-order valence-electron chi connectivity index (χ3n) is 3.78. The van der Waals surface area contributed by atoms with Crippen LogP contribution < -0.4 is 10.1 Å². The number of para-hydroxylation sites is 1. The van der Waals surface area contributed by atoms with Crippen molar-refractivity contribution in [3.05, 3.63) is 58.4 Å². The van der Waals surface area contributed by atoms with E-state index in [4.69, 9.17) is 4.74 Å². The Labute approximate surface area is 120 Å². The molecule has 20 heavy (non-hydrogen) atoms. The number of aromatic nitrogens is 1. The van der Waals surface area contributed by atoms with Crippen LogP contribution in [0, 0.1) is 13.8 Å². The van der Waals surface area contributed by atoms with Crippen LogP contribution in [-0.4, -0.2) is 18.6 Å². The smallest absolute Gasteiger partial charge is 0.127 e. The summed E-state index contributed by atoms with van der Waals surface area (Å²) in [5.74, 6) is 1.05. The number of aryl methyl sites for hydroxylation is 2. The van der Waals surface area contributed by atoms with Crippen molar-refractivity contribution in [3.8, 4) is 5.75 Å². The second kappa shape index (κ2) is 5.25. The molecule has 0 radical (unpaired) electrons. The van der Waals surface area contributed by atoms with Gasteiger partial charge in [-0.3, -0.25) is 4.98 Å². The molecule has 3 nitrogen and oxygen atoms in total. The van der Waals surface area contributed by atoms with E-state index >= 15 is 0 Å². The van der Waals surface area contributed by atoms with Gasteiger partial charge in [0.15, 0.2) is 0 Å². The molecule has 3 rings (SSSR count). The lowest BCUT2D eigenvalue weighted by Gasteiger charge is -2.20. The number of fused-ring (bicyclic) bond motifs is 1. The third kappa shape index (κ3) is 2.29. The zero-order valence-electron chi connectivity index (χ0n) is 12.2. The standard InChI is InChI=1S/C17H20N2O/c1-11-9-14(10-12(2)19-11)16(18-3)15-6-4-5-13-7-8-20-17(13)15/h4-6,9-10,16,18H,7-8H2,1-3H3. The zero-order chi connectivity index (χ0) is 14.1. The maximum absolute atomic E-state index is 5.84. The lowest BCUT2D eigenvalue weighted by atomic mass is 9.95. The predicted octanol–water partition coefficient (Wildman–Crippen LogP) is 2.94. The molecule has 104 valence electrons. The molecule has 1 N–H and O–H groups in total. The van der Waals surface area contributed by atoms with Crippen LogP contribution in [0.15, 0.2) is 30.3 Å². The van der Waals surface area contributed by atoms with E-state index in [1.165, 1.54) is 16.7 Å². The second-order valence-electron chi connectivity index (χ2n) is 5.34. The minimum Gasteiger partial charge on any atom is -0.493 e. The first kappa shape index (κ1) is 13.1. The van der Waals surface area contributed by atoms with Crippen LogP contribution in [0.5, 0.6) is 5.75 Å². The van der Waals surface area contributed by atoms with Gasteiger partial charge in [0.1, 0.15) is 5.75 Å². The number of pyridine rings is 1. The summed E-state index contributed by atoms with van der Waals surface area (Å²) in [5.41, 5.74) is 5.86. The number of ether oxygens (including phenoxy) is 1. The molecule has 0 aliphatic carbocycles. The number of hydrogen-bond acceptors (Lipinski definition) is 3. The molecule has 1 aromatic carbocycles. The molecule has 0 spiro atoms. The zero-order valence-corrected chi connectivity index (χ0v) is 12.2. The largest absolute Gasteiger partial charge is 0.493 e. The van der Waals surface area contributed by atoms with Gasteiger partial charge >= 0.3 is 0 Å². The van der Waals surface area contributed by atoms with E-state index < -0.39 is 0 Å². The molecule has 1 unspecified atom stereocenters. The molecular formula is C17H20N2O. The Hall–Kier alpha value is -1.87. The highest BCUT2D eigenvalue weighted by Gasteiger charge is 2.22. The molecule has 1 aliphatic rings. The van der Waals surface area contributed by atoms with Crippen molar-refractivity contribution in [1.29, 1.82) is 0 Å². The minimum atomic E-state index is 0.142. The summed E-state index contributed by atoms with van der Waals surface area (Å²) in [6.07, 6.45) is 1.01. The first-order chi connectivity index (χ1) is 9.69. The van der Waals surface area contributed by atoms with Crippen LogP contribution in [0.2, 0.25) is 0 Å². The Morgan fingerprint density at radius 2 is 1.95 bits per heavy atom. The van der Waals surface area contributed by atoms with Gasteiger partial charge < -0.3 is 10.1 Å². The summed E-state index contributed by atoms with van der Waals surface area (Å²) in [7, 11) is 1.99. The van der Waals surface area contributed by atoms with Gasteiger partial charge in [-0.15, -0.1) is 0 Å². The first-order valence-electron chi connectivity index (χ1n) is 7.06. The van der Waals surface area contributed by atoms with E-state index in [2.05, 4.69) is 40.6 Å². The molecular weight excluding hydrogens is 248 g/mol. The van der Waals surface area contributed by atoms with Crippen LogP contribution in [-0.2, 0) is 6.42 Å². The van der Waals surface area contributed by atoms with E-state index in [1.54, 1.807) is 0 Å². The van der Waals surface area contributed by atoms with Crippen molar-refractivity contribution in [2.75, 3.05) is 13.7 Å². The summed E-state index contributed by atoms with van der Waals surface area (Å²) in [6.45, 7) is 4.86. The molecule has 2 heterocycles. The summed E-state index contributed by atoms with van der Waals surface area (Å²) >= 11 is 0. The minimum absolute atomic E-state index is 0.142. The normalized spacial score (nSPS) is 14.8. The fourth-order valence-corrected chi connectivity index (χ4v) is 3.00. The SMILES string of the molecule is CNC(c1cc(C)nc(C)c1)c1cccc2c1OCC2. The first-order valence-corrected chi connectivity index (χ1v) is 7.06. The fraction of sp³-hybridized carbons (Fsp3) is 0.353. The Morgan fingerprint density at radius 3 is 2.65 bits per heavy atom. The highest BCUT2D eigenvalue weighted by atomic mass is 16.5. The Balaban J connectivity index is 2.08. The van der Waals surface area contributed by atoms with Gasteiger partial charge in [0, 0.05) is 23.4 Å². The maximum Gasteiger partial charge on any atom is 0.127 e. The van der Waals surface area contributed by atoms with Gasteiger partial charge in [0.05, 0.1) is 12.6 Å². The number of benzene rings is 1. The average Bonchev–Trinajstić information content (AvgIpc) is 2.87. The molecule has 3 heteroatoms. The van der Waals surface area contributed by atoms with E-state index in [0.717, 1.165) is 30.2 Å². The monoisotopic (exact) mass is 268 g/mol. The maximum atomic E-state index is 5.84. The van der Waals surface area contributed by atoms with Gasteiger partial charge in [-0.1, -0.05) is 18.2 Å². The highest BCUT2D eigenvalue weighted by Crippen LogP contribution is 2.36. The van der Waals surface area contributed by atoms with Gasteiger partial charge in [0.2, 0.25) is 0 Å². The third-order valence-corrected chi connectivity index (χ3v) is 3.78. The van der Waals surface area contributed by atoms with Gasteiger partial charge in [-0.2, -0.15) is 0 Å². The van der Waals surface area contributed by atoms with Crippen molar-refractivity contribution in [2.24, 2.45) is 0 Å². The van der Waals surface area contributed by atoms with Gasteiger partial charge in [-0.05, 0) is 44.2 Å². The van der Waals surface area contributed by atoms with E-state index in [-0.39, 0.29) is 6.04 Å². The number of nitrogens with zero attached hydrogens (tertiary/aromatic N) is 1. The Kier molecular flexibility index (Phi) is 3.45. The van der Waals surface area contributed by atoms with Gasteiger partial charge in [0.25, 0.3) is 0 Å². The molecule has 0 saturated carbocycles. The topological polar surface area (TPSA) is 34.2 Å². The molecule has 1 aromatic heterocycles. The van der Waals surface area contributed by atoms with Crippen molar-refractivity contribution < 1.29 is 4.74 Å². The lowest BCUT2D eigenvalue weighted by molar-refractivity contribution is 0.351. The molecule has 1 aliphatic heterocycles. The van der Waals surface area contributed by atoms with Gasteiger partial charge in [-0.25, -0.2) is 0 Å². The van der Waals surface area contributed by atoms with E-state index in [9.17, 15) is 0 Å². The van der Waals surface area contributed by atoms with E-state index in [1.807, 2.05) is 20.9 Å². The highest BCUT2D eigenvalue weighted by molar-refractivity contribution is 5.48. The molecule has 0 amide bonds. The van der Waals surface area contributed by atoms with Crippen LogP contribution in [0.4, 0.5) is 0 Å². The van der Waals surface area contributed by atoms with Crippen molar-refractivity contribution in [3.63, 3.8) is 0 Å². The molecule has 1 atom stereocenters. The average molecular weight is 268 g/mol. The summed E-state index contributed by atoms with van der Waals surface area (Å²) in [5, 5.41) is 3.41. The van der Waals surface area contributed by atoms with Crippen LogP contribution in [0.25, 0.3) is 0 Å². The summed E-state index contributed by atoms with van der Waals surface area (Å²) in [4.78, 5) is 4.46.